The Morgan fingerprint density at radius 2 is 1.59 bits per heavy atom. The van der Waals surface area contributed by atoms with E-state index in [1.165, 1.54) is 5.56 Å². The summed E-state index contributed by atoms with van der Waals surface area (Å²) in [5.74, 6) is -0.560. The molecule has 0 saturated heterocycles. The van der Waals surface area contributed by atoms with Crippen LogP contribution < -0.4 is 5.32 Å². The van der Waals surface area contributed by atoms with Gasteiger partial charge in [0.2, 0.25) is 0 Å². The molecular formula is C22H27NO4. The minimum absolute atomic E-state index is 0.110. The SMILES string of the molecule is Cc1ccc(CCOC(=O)[C@@H](NC(=O)OCc2ccccc2)C(C)C)cc1. The number of carbonyl (C=O) groups excluding carboxylic acids is 2. The van der Waals surface area contributed by atoms with Crippen LogP contribution in [-0.2, 0) is 27.3 Å². The number of amides is 1. The molecule has 0 bridgehead atoms. The zero-order valence-corrected chi connectivity index (χ0v) is 16.1. The molecule has 2 aromatic rings. The highest BCUT2D eigenvalue weighted by Gasteiger charge is 2.26. The lowest BCUT2D eigenvalue weighted by molar-refractivity contribution is -0.147. The number of carbonyl (C=O) groups is 2. The molecule has 0 radical (unpaired) electrons. The van der Waals surface area contributed by atoms with Gasteiger partial charge in [-0.2, -0.15) is 0 Å². The third kappa shape index (κ3) is 7.13. The molecule has 1 atom stereocenters. The maximum atomic E-state index is 12.3. The molecule has 1 amide bonds. The minimum atomic E-state index is -0.744. The van der Waals surface area contributed by atoms with Crippen molar-refractivity contribution in [1.82, 2.24) is 5.32 Å². The van der Waals surface area contributed by atoms with Gasteiger partial charge >= 0.3 is 12.1 Å². The highest BCUT2D eigenvalue weighted by Crippen LogP contribution is 2.08. The first-order valence-corrected chi connectivity index (χ1v) is 9.15. The number of ether oxygens (including phenoxy) is 2. The third-order valence-corrected chi connectivity index (χ3v) is 4.16. The van der Waals surface area contributed by atoms with Crippen LogP contribution >= 0.6 is 0 Å². The molecule has 1 N–H and O–H groups in total. The molecule has 0 aliphatic carbocycles. The Bertz CT molecular complexity index is 726. The van der Waals surface area contributed by atoms with Crippen molar-refractivity contribution in [1.29, 1.82) is 0 Å². The number of hydrogen-bond donors (Lipinski definition) is 1. The predicted molar refractivity (Wildman–Crippen MR) is 104 cm³/mol. The second-order valence-electron chi connectivity index (χ2n) is 6.83. The lowest BCUT2D eigenvalue weighted by atomic mass is 10.1. The van der Waals surface area contributed by atoms with Gasteiger partial charge < -0.3 is 14.8 Å². The van der Waals surface area contributed by atoms with Gasteiger partial charge in [0.15, 0.2) is 0 Å². The number of aryl methyl sites for hydroxylation is 1. The summed E-state index contributed by atoms with van der Waals surface area (Å²) in [5, 5.41) is 2.61. The van der Waals surface area contributed by atoms with Crippen LogP contribution in [0.2, 0.25) is 0 Å². The van der Waals surface area contributed by atoms with E-state index in [4.69, 9.17) is 9.47 Å². The first-order valence-electron chi connectivity index (χ1n) is 9.15. The third-order valence-electron chi connectivity index (χ3n) is 4.16. The molecule has 0 aliphatic heterocycles. The van der Waals surface area contributed by atoms with Crippen LogP contribution in [0.5, 0.6) is 0 Å². The summed E-state index contributed by atoms with van der Waals surface area (Å²) in [6.07, 6.45) is 0.00277. The molecule has 144 valence electrons. The van der Waals surface area contributed by atoms with E-state index < -0.39 is 18.1 Å². The summed E-state index contributed by atoms with van der Waals surface area (Å²) in [4.78, 5) is 24.4. The van der Waals surface area contributed by atoms with Gasteiger partial charge in [0.05, 0.1) is 6.61 Å². The van der Waals surface area contributed by atoms with Crippen LogP contribution in [0.15, 0.2) is 54.6 Å². The lowest BCUT2D eigenvalue weighted by Crippen LogP contribution is -2.45. The van der Waals surface area contributed by atoms with Crippen molar-refractivity contribution >= 4 is 12.1 Å². The van der Waals surface area contributed by atoms with Gasteiger partial charge in [0.1, 0.15) is 12.6 Å². The van der Waals surface area contributed by atoms with E-state index >= 15 is 0 Å². The minimum Gasteiger partial charge on any atom is -0.464 e. The van der Waals surface area contributed by atoms with Crippen molar-refractivity contribution in [2.75, 3.05) is 6.61 Å². The second-order valence-corrected chi connectivity index (χ2v) is 6.83. The van der Waals surface area contributed by atoms with Crippen LogP contribution in [-0.4, -0.2) is 24.7 Å². The normalized spacial score (nSPS) is 11.7. The van der Waals surface area contributed by atoms with E-state index in [0.717, 1.165) is 11.1 Å². The zero-order chi connectivity index (χ0) is 19.6. The number of benzene rings is 2. The average Bonchev–Trinajstić information content (AvgIpc) is 2.66. The van der Waals surface area contributed by atoms with E-state index in [2.05, 4.69) is 5.32 Å². The molecule has 0 heterocycles. The lowest BCUT2D eigenvalue weighted by Gasteiger charge is -2.20. The monoisotopic (exact) mass is 369 g/mol. The average molecular weight is 369 g/mol. The molecule has 5 heteroatoms. The Morgan fingerprint density at radius 1 is 0.926 bits per heavy atom. The maximum Gasteiger partial charge on any atom is 0.408 e. The molecule has 0 spiro atoms. The van der Waals surface area contributed by atoms with E-state index in [1.807, 2.05) is 75.4 Å². The standard InChI is InChI=1S/C22H27NO4/c1-16(2)20(23-22(25)27-15-19-7-5-4-6-8-19)21(24)26-14-13-18-11-9-17(3)10-12-18/h4-12,16,20H,13-15H2,1-3H3,(H,23,25)/t20-/m0/s1. The summed E-state index contributed by atoms with van der Waals surface area (Å²) in [5.41, 5.74) is 3.17. The van der Waals surface area contributed by atoms with Gasteiger partial charge in [0.25, 0.3) is 0 Å². The van der Waals surface area contributed by atoms with E-state index in [0.29, 0.717) is 6.42 Å². The summed E-state index contributed by atoms with van der Waals surface area (Å²) in [7, 11) is 0. The first-order chi connectivity index (χ1) is 13.0. The summed E-state index contributed by atoms with van der Waals surface area (Å²) < 4.78 is 10.5. The highest BCUT2D eigenvalue weighted by molar-refractivity contribution is 5.81. The molecule has 0 aliphatic rings. The Balaban J connectivity index is 1.79. The van der Waals surface area contributed by atoms with Crippen LogP contribution in [0.4, 0.5) is 4.79 Å². The number of rotatable bonds is 8. The van der Waals surface area contributed by atoms with Gasteiger partial charge in [-0.05, 0) is 24.0 Å². The number of hydrogen-bond acceptors (Lipinski definition) is 4. The number of nitrogens with one attached hydrogen (secondary N) is 1. The van der Waals surface area contributed by atoms with Crippen molar-refractivity contribution in [3.05, 3.63) is 71.3 Å². The van der Waals surface area contributed by atoms with E-state index in [9.17, 15) is 9.59 Å². The molecule has 2 aromatic carbocycles. The van der Waals surface area contributed by atoms with Crippen LogP contribution in [0.25, 0.3) is 0 Å². The smallest absolute Gasteiger partial charge is 0.408 e. The van der Waals surface area contributed by atoms with Crippen molar-refractivity contribution in [2.24, 2.45) is 5.92 Å². The summed E-state index contributed by atoms with van der Waals surface area (Å²) in [6.45, 7) is 6.15. The number of alkyl carbamates (subject to hydrolysis) is 1. The summed E-state index contributed by atoms with van der Waals surface area (Å²) in [6, 6.07) is 16.7. The van der Waals surface area contributed by atoms with E-state index in [1.54, 1.807) is 0 Å². The molecule has 0 fully saturated rings. The molecule has 27 heavy (non-hydrogen) atoms. The fourth-order valence-corrected chi connectivity index (χ4v) is 2.50. The van der Waals surface area contributed by atoms with Gasteiger partial charge in [-0.15, -0.1) is 0 Å². The maximum absolute atomic E-state index is 12.3. The highest BCUT2D eigenvalue weighted by atomic mass is 16.6. The van der Waals surface area contributed by atoms with Gasteiger partial charge in [0, 0.05) is 6.42 Å². The van der Waals surface area contributed by atoms with Crippen LogP contribution in [0.3, 0.4) is 0 Å². The zero-order valence-electron chi connectivity index (χ0n) is 16.1. The Labute approximate surface area is 160 Å². The predicted octanol–water partition coefficient (Wildman–Crippen LogP) is 4.03. The van der Waals surface area contributed by atoms with Crippen molar-refractivity contribution in [2.45, 2.75) is 39.8 Å². The fourth-order valence-electron chi connectivity index (χ4n) is 2.50. The van der Waals surface area contributed by atoms with Crippen molar-refractivity contribution in [3.8, 4) is 0 Å². The quantitative estimate of drug-likeness (QED) is 0.714. The molecule has 0 aromatic heterocycles. The first kappa shape index (κ1) is 20.5. The Hall–Kier alpha value is -2.82. The fraction of sp³-hybridized carbons (Fsp3) is 0.364. The molecule has 0 saturated carbocycles. The van der Waals surface area contributed by atoms with Crippen LogP contribution in [0.1, 0.15) is 30.5 Å². The van der Waals surface area contributed by atoms with E-state index in [-0.39, 0.29) is 19.1 Å². The molecule has 0 unspecified atom stereocenters. The topological polar surface area (TPSA) is 64.6 Å². The van der Waals surface area contributed by atoms with Gasteiger partial charge in [-0.3, -0.25) is 0 Å². The number of esters is 1. The van der Waals surface area contributed by atoms with Crippen molar-refractivity contribution in [3.63, 3.8) is 0 Å². The molecular weight excluding hydrogens is 342 g/mol. The molecule has 2 rings (SSSR count). The largest absolute Gasteiger partial charge is 0.464 e. The van der Waals surface area contributed by atoms with Gasteiger partial charge in [-0.1, -0.05) is 74.0 Å². The van der Waals surface area contributed by atoms with Crippen molar-refractivity contribution < 1.29 is 19.1 Å². The second kappa shape index (κ2) is 10.4. The van der Waals surface area contributed by atoms with Crippen LogP contribution in [0, 0.1) is 12.8 Å². The molecule has 5 nitrogen and oxygen atoms in total. The Kier molecular flexibility index (Phi) is 7.86. The van der Waals surface area contributed by atoms with Gasteiger partial charge in [-0.25, -0.2) is 9.59 Å². The summed E-state index contributed by atoms with van der Waals surface area (Å²) >= 11 is 0. The Morgan fingerprint density at radius 3 is 2.22 bits per heavy atom.